The number of nitrogens with one attached hydrogen (secondary N) is 1. The van der Waals surface area contributed by atoms with Crippen molar-refractivity contribution in [3.63, 3.8) is 0 Å². The van der Waals surface area contributed by atoms with Crippen LogP contribution in [0.5, 0.6) is 0 Å². The highest BCUT2D eigenvalue weighted by Gasteiger charge is 2.19. The van der Waals surface area contributed by atoms with Gasteiger partial charge in [-0.25, -0.2) is 0 Å². The molecule has 2 aromatic rings. The van der Waals surface area contributed by atoms with Gasteiger partial charge in [0.2, 0.25) is 0 Å². The number of likely N-dealkylation sites (N-methyl/N-ethyl adjacent to an activating group) is 1. The zero-order valence-corrected chi connectivity index (χ0v) is 11.9. The standard InChI is InChI=1S/C17H22N2/c1-4-18-17(16-11-10-13(2)19-12-16)14(3)15-8-6-5-7-9-15/h5-12,14,17-18H,4H2,1-3H3. The van der Waals surface area contributed by atoms with Crippen LogP contribution in [-0.4, -0.2) is 11.5 Å². The average molecular weight is 254 g/mol. The Balaban J connectivity index is 2.27. The molecule has 1 heterocycles. The summed E-state index contributed by atoms with van der Waals surface area (Å²) in [6, 6.07) is 15.2. The lowest BCUT2D eigenvalue weighted by Crippen LogP contribution is -2.25. The molecule has 100 valence electrons. The van der Waals surface area contributed by atoms with Gasteiger partial charge < -0.3 is 5.32 Å². The molecule has 0 fully saturated rings. The molecule has 0 bridgehead atoms. The number of hydrogen-bond acceptors (Lipinski definition) is 2. The Kier molecular flexibility index (Phi) is 4.69. The van der Waals surface area contributed by atoms with Gasteiger partial charge >= 0.3 is 0 Å². The number of hydrogen-bond donors (Lipinski definition) is 1. The van der Waals surface area contributed by atoms with Crippen molar-refractivity contribution in [2.24, 2.45) is 0 Å². The Morgan fingerprint density at radius 1 is 1.05 bits per heavy atom. The summed E-state index contributed by atoms with van der Waals surface area (Å²) in [5.41, 5.74) is 3.67. The minimum atomic E-state index is 0.306. The molecule has 0 aliphatic carbocycles. The fraction of sp³-hybridized carbons (Fsp3) is 0.353. The highest BCUT2D eigenvalue weighted by molar-refractivity contribution is 5.26. The molecule has 0 aliphatic heterocycles. The number of rotatable bonds is 5. The van der Waals surface area contributed by atoms with Gasteiger partial charge in [-0.15, -0.1) is 0 Å². The monoisotopic (exact) mass is 254 g/mol. The van der Waals surface area contributed by atoms with Crippen LogP contribution in [0.25, 0.3) is 0 Å². The summed E-state index contributed by atoms with van der Waals surface area (Å²) in [5.74, 6) is 0.422. The summed E-state index contributed by atoms with van der Waals surface area (Å²) in [7, 11) is 0. The lowest BCUT2D eigenvalue weighted by molar-refractivity contribution is 0.478. The molecule has 0 amide bonds. The maximum absolute atomic E-state index is 4.42. The molecule has 0 aliphatic rings. The van der Waals surface area contributed by atoms with Gasteiger partial charge in [0.1, 0.15) is 0 Å². The Morgan fingerprint density at radius 2 is 1.79 bits per heavy atom. The number of aromatic nitrogens is 1. The molecule has 1 N–H and O–H groups in total. The van der Waals surface area contributed by atoms with Crippen LogP contribution in [0.1, 0.15) is 42.6 Å². The third-order valence-corrected chi connectivity index (χ3v) is 3.54. The fourth-order valence-electron chi connectivity index (χ4n) is 2.42. The van der Waals surface area contributed by atoms with Crippen LogP contribution in [0.4, 0.5) is 0 Å². The predicted octanol–water partition coefficient (Wildman–Crippen LogP) is 3.84. The summed E-state index contributed by atoms with van der Waals surface area (Å²) in [6.45, 7) is 7.39. The first-order valence-electron chi connectivity index (χ1n) is 6.93. The van der Waals surface area contributed by atoms with Crippen LogP contribution >= 0.6 is 0 Å². The van der Waals surface area contributed by atoms with Crippen molar-refractivity contribution in [1.82, 2.24) is 10.3 Å². The van der Waals surface area contributed by atoms with Crippen LogP contribution in [0.15, 0.2) is 48.7 Å². The van der Waals surface area contributed by atoms with E-state index in [4.69, 9.17) is 0 Å². The predicted molar refractivity (Wildman–Crippen MR) is 80.2 cm³/mol. The van der Waals surface area contributed by atoms with Gasteiger partial charge in [0.15, 0.2) is 0 Å². The maximum atomic E-state index is 4.42. The molecular weight excluding hydrogens is 232 g/mol. The Labute approximate surface area is 115 Å². The minimum Gasteiger partial charge on any atom is -0.310 e. The molecule has 19 heavy (non-hydrogen) atoms. The fourth-order valence-corrected chi connectivity index (χ4v) is 2.42. The van der Waals surface area contributed by atoms with Crippen molar-refractivity contribution < 1.29 is 0 Å². The Morgan fingerprint density at radius 3 is 2.37 bits per heavy atom. The average Bonchev–Trinajstić information content (AvgIpc) is 2.46. The molecule has 1 aromatic carbocycles. The van der Waals surface area contributed by atoms with E-state index in [1.807, 2.05) is 13.1 Å². The number of pyridine rings is 1. The van der Waals surface area contributed by atoms with Crippen molar-refractivity contribution in [1.29, 1.82) is 0 Å². The van der Waals surface area contributed by atoms with Gasteiger partial charge in [-0.1, -0.05) is 50.2 Å². The van der Waals surface area contributed by atoms with Gasteiger partial charge in [-0.05, 0) is 30.7 Å². The highest BCUT2D eigenvalue weighted by atomic mass is 14.9. The molecule has 2 atom stereocenters. The number of benzene rings is 1. The van der Waals surface area contributed by atoms with Crippen LogP contribution in [0.3, 0.4) is 0 Å². The SMILES string of the molecule is CCNC(c1ccc(C)nc1)C(C)c1ccccc1. The van der Waals surface area contributed by atoms with E-state index >= 15 is 0 Å². The molecule has 0 spiro atoms. The summed E-state index contributed by atoms with van der Waals surface area (Å²) in [5, 5.41) is 3.58. The zero-order valence-electron chi connectivity index (χ0n) is 11.9. The van der Waals surface area contributed by atoms with Crippen LogP contribution in [0.2, 0.25) is 0 Å². The van der Waals surface area contributed by atoms with E-state index in [1.54, 1.807) is 0 Å². The number of aryl methyl sites for hydroxylation is 1. The molecule has 1 aromatic heterocycles. The summed E-state index contributed by atoms with van der Waals surface area (Å²) < 4.78 is 0. The quantitative estimate of drug-likeness (QED) is 0.876. The summed E-state index contributed by atoms with van der Waals surface area (Å²) in [6.07, 6.45) is 1.99. The molecular formula is C17H22N2. The number of nitrogens with zero attached hydrogens (tertiary/aromatic N) is 1. The summed E-state index contributed by atoms with van der Waals surface area (Å²) >= 11 is 0. The van der Waals surface area contributed by atoms with E-state index in [1.165, 1.54) is 11.1 Å². The second kappa shape index (κ2) is 6.48. The molecule has 0 radical (unpaired) electrons. The minimum absolute atomic E-state index is 0.306. The normalized spacial score (nSPS) is 14.1. The van der Waals surface area contributed by atoms with Gasteiger partial charge in [0.25, 0.3) is 0 Å². The smallest absolute Gasteiger partial charge is 0.0402 e. The van der Waals surface area contributed by atoms with E-state index in [9.17, 15) is 0 Å². The van der Waals surface area contributed by atoms with E-state index in [-0.39, 0.29) is 0 Å². The first-order chi connectivity index (χ1) is 9.22. The van der Waals surface area contributed by atoms with Crippen molar-refractivity contribution >= 4 is 0 Å². The van der Waals surface area contributed by atoms with Crippen molar-refractivity contribution in [3.8, 4) is 0 Å². The van der Waals surface area contributed by atoms with E-state index in [0.29, 0.717) is 12.0 Å². The first kappa shape index (κ1) is 13.8. The van der Waals surface area contributed by atoms with Crippen LogP contribution < -0.4 is 5.32 Å². The third-order valence-electron chi connectivity index (χ3n) is 3.54. The van der Waals surface area contributed by atoms with Gasteiger partial charge in [0.05, 0.1) is 0 Å². The van der Waals surface area contributed by atoms with Crippen LogP contribution in [0, 0.1) is 6.92 Å². The first-order valence-corrected chi connectivity index (χ1v) is 6.93. The second-order valence-electron chi connectivity index (χ2n) is 4.97. The molecule has 0 saturated carbocycles. The van der Waals surface area contributed by atoms with Gasteiger partial charge in [0, 0.05) is 23.9 Å². The zero-order chi connectivity index (χ0) is 13.7. The molecule has 2 unspecified atom stereocenters. The van der Waals surface area contributed by atoms with Crippen molar-refractivity contribution in [3.05, 3.63) is 65.5 Å². The van der Waals surface area contributed by atoms with Crippen LogP contribution in [-0.2, 0) is 0 Å². The Bertz CT molecular complexity index is 490. The van der Waals surface area contributed by atoms with E-state index < -0.39 is 0 Å². The molecule has 2 nitrogen and oxygen atoms in total. The molecule has 0 saturated heterocycles. The molecule has 2 heteroatoms. The highest BCUT2D eigenvalue weighted by Crippen LogP contribution is 2.30. The third kappa shape index (κ3) is 3.42. The van der Waals surface area contributed by atoms with E-state index in [2.05, 4.69) is 66.6 Å². The topological polar surface area (TPSA) is 24.9 Å². The Hall–Kier alpha value is -1.67. The largest absolute Gasteiger partial charge is 0.310 e. The lowest BCUT2D eigenvalue weighted by atomic mass is 9.89. The van der Waals surface area contributed by atoms with Gasteiger partial charge in [-0.2, -0.15) is 0 Å². The lowest BCUT2D eigenvalue weighted by Gasteiger charge is -2.25. The second-order valence-corrected chi connectivity index (χ2v) is 4.97. The summed E-state index contributed by atoms with van der Waals surface area (Å²) in [4.78, 5) is 4.42. The van der Waals surface area contributed by atoms with Crippen molar-refractivity contribution in [2.75, 3.05) is 6.54 Å². The van der Waals surface area contributed by atoms with E-state index in [0.717, 1.165) is 12.2 Å². The van der Waals surface area contributed by atoms with Crippen molar-refractivity contribution in [2.45, 2.75) is 32.7 Å². The molecule has 2 rings (SSSR count). The van der Waals surface area contributed by atoms with Gasteiger partial charge in [-0.3, -0.25) is 4.98 Å². The maximum Gasteiger partial charge on any atom is 0.0402 e.